The molecule has 1 aromatic heterocycles. The maximum absolute atomic E-state index is 11.8. The smallest absolute Gasteiger partial charge is 0.240 e. The van der Waals surface area contributed by atoms with Crippen LogP contribution in [0.25, 0.3) is 0 Å². The van der Waals surface area contributed by atoms with Crippen LogP contribution in [0, 0.1) is 6.92 Å². The van der Waals surface area contributed by atoms with Crippen LogP contribution in [0.2, 0.25) is 0 Å². The first-order valence-electron chi connectivity index (χ1n) is 8.25. The molecule has 0 unspecified atom stereocenters. The molecule has 138 valence electrons. The van der Waals surface area contributed by atoms with E-state index in [0.717, 1.165) is 31.7 Å². The van der Waals surface area contributed by atoms with Gasteiger partial charge in [-0.1, -0.05) is 12.1 Å². The maximum Gasteiger partial charge on any atom is 0.240 e. The fourth-order valence-corrected chi connectivity index (χ4v) is 4.16. The minimum absolute atomic E-state index is 0.299. The molecule has 0 saturated carbocycles. The number of benzene rings is 1. The van der Waals surface area contributed by atoms with Crippen molar-refractivity contribution in [1.82, 2.24) is 14.5 Å². The van der Waals surface area contributed by atoms with Gasteiger partial charge in [-0.05, 0) is 57.9 Å². The molecule has 0 aliphatic heterocycles. The van der Waals surface area contributed by atoms with E-state index in [1.165, 1.54) is 16.8 Å². The van der Waals surface area contributed by atoms with Crippen molar-refractivity contribution in [2.24, 2.45) is 0 Å². The lowest BCUT2D eigenvalue weighted by atomic mass is 10.2. The third kappa shape index (κ3) is 6.20. The van der Waals surface area contributed by atoms with E-state index in [2.05, 4.69) is 47.7 Å². The number of likely N-dealkylation sites (N-methyl/N-ethyl adjacent to an activating group) is 1. The van der Waals surface area contributed by atoms with E-state index >= 15 is 0 Å². The van der Waals surface area contributed by atoms with Crippen molar-refractivity contribution >= 4 is 21.4 Å². The van der Waals surface area contributed by atoms with Gasteiger partial charge in [0.15, 0.2) is 0 Å². The number of hydrogen-bond donors (Lipinski definition) is 1. The number of nitrogens with zero attached hydrogens (tertiary/aromatic N) is 2. The number of sulfonamides is 1. The van der Waals surface area contributed by atoms with Crippen molar-refractivity contribution < 1.29 is 8.42 Å². The summed E-state index contributed by atoms with van der Waals surface area (Å²) < 4.78 is 26.0. The van der Waals surface area contributed by atoms with Gasteiger partial charge in [0.1, 0.15) is 0 Å². The fourth-order valence-electron chi connectivity index (χ4n) is 2.50. The highest BCUT2D eigenvalue weighted by atomic mass is 32.2. The lowest BCUT2D eigenvalue weighted by Crippen LogP contribution is -2.30. The van der Waals surface area contributed by atoms with Crippen LogP contribution in [0.15, 0.2) is 41.3 Å². The molecule has 0 aliphatic rings. The molecular weight excluding hydrogens is 354 g/mol. The molecule has 1 heterocycles. The van der Waals surface area contributed by atoms with Gasteiger partial charge in [-0.3, -0.25) is 4.90 Å². The van der Waals surface area contributed by atoms with Crippen LogP contribution in [0.5, 0.6) is 0 Å². The van der Waals surface area contributed by atoms with Gasteiger partial charge in [0.2, 0.25) is 10.0 Å². The Morgan fingerprint density at radius 2 is 1.68 bits per heavy atom. The molecule has 0 aliphatic carbocycles. The predicted molar refractivity (Wildman–Crippen MR) is 104 cm³/mol. The van der Waals surface area contributed by atoms with E-state index < -0.39 is 10.0 Å². The maximum atomic E-state index is 11.8. The molecule has 25 heavy (non-hydrogen) atoms. The van der Waals surface area contributed by atoms with Crippen molar-refractivity contribution in [1.29, 1.82) is 0 Å². The summed E-state index contributed by atoms with van der Waals surface area (Å²) in [6, 6.07) is 11.5. The third-order valence-electron chi connectivity index (χ3n) is 3.95. The molecule has 0 bridgehead atoms. The number of rotatable bonds is 9. The van der Waals surface area contributed by atoms with Crippen LogP contribution in [-0.2, 0) is 23.1 Å². The normalized spacial score (nSPS) is 12.2. The third-order valence-corrected chi connectivity index (χ3v) is 6.36. The average Bonchev–Trinajstić information content (AvgIpc) is 2.98. The summed E-state index contributed by atoms with van der Waals surface area (Å²) in [7, 11) is 2.20. The van der Waals surface area contributed by atoms with Crippen molar-refractivity contribution in [3.8, 4) is 0 Å². The van der Waals surface area contributed by atoms with Crippen molar-refractivity contribution in [3.05, 3.63) is 51.7 Å². The molecule has 0 amide bonds. The van der Waals surface area contributed by atoms with Gasteiger partial charge in [-0.25, -0.2) is 13.1 Å². The Balaban J connectivity index is 2.09. The molecule has 0 radical (unpaired) electrons. The minimum Gasteiger partial charge on any atom is -0.308 e. The van der Waals surface area contributed by atoms with Crippen molar-refractivity contribution in [2.75, 3.05) is 34.2 Å². The first-order chi connectivity index (χ1) is 11.8. The number of thiophene rings is 1. The quantitative estimate of drug-likeness (QED) is 0.725. The predicted octanol–water partition coefficient (Wildman–Crippen LogP) is 2.53. The minimum atomic E-state index is -3.38. The monoisotopic (exact) mass is 381 g/mol. The van der Waals surface area contributed by atoms with Gasteiger partial charge in [-0.2, -0.15) is 0 Å². The van der Waals surface area contributed by atoms with Crippen LogP contribution < -0.4 is 4.72 Å². The molecule has 2 rings (SSSR count). The van der Waals surface area contributed by atoms with Gasteiger partial charge in [0, 0.05) is 35.9 Å². The molecule has 1 N–H and O–H groups in total. The Bertz CT molecular complexity index is 768. The molecule has 0 fully saturated rings. The van der Waals surface area contributed by atoms with E-state index in [-0.39, 0.29) is 0 Å². The highest BCUT2D eigenvalue weighted by molar-refractivity contribution is 7.89. The Morgan fingerprint density at radius 1 is 1.00 bits per heavy atom. The van der Waals surface area contributed by atoms with Crippen LogP contribution in [0.4, 0.5) is 0 Å². The second-order valence-electron chi connectivity index (χ2n) is 6.38. The topological polar surface area (TPSA) is 52.7 Å². The summed E-state index contributed by atoms with van der Waals surface area (Å²) in [5.74, 6) is 0. The van der Waals surface area contributed by atoms with Gasteiger partial charge in [-0.15, -0.1) is 11.3 Å². The first-order valence-corrected chi connectivity index (χ1v) is 10.5. The Labute approximate surface area is 155 Å². The van der Waals surface area contributed by atoms with Gasteiger partial charge in [0.25, 0.3) is 0 Å². The zero-order valence-electron chi connectivity index (χ0n) is 15.3. The summed E-state index contributed by atoms with van der Waals surface area (Å²) in [6.07, 6.45) is 0. The lowest BCUT2D eigenvalue weighted by molar-refractivity contribution is 0.228. The zero-order valence-corrected chi connectivity index (χ0v) is 17.0. The Hall–Kier alpha value is -1.25. The van der Waals surface area contributed by atoms with Crippen LogP contribution >= 0.6 is 11.3 Å². The molecule has 5 nitrogen and oxygen atoms in total. The van der Waals surface area contributed by atoms with Gasteiger partial charge in [0.05, 0.1) is 4.90 Å². The zero-order chi connectivity index (χ0) is 18.4. The van der Waals surface area contributed by atoms with Crippen molar-refractivity contribution in [2.45, 2.75) is 24.9 Å². The Kier molecular flexibility index (Phi) is 7.15. The second-order valence-corrected chi connectivity index (χ2v) is 9.64. The van der Waals surface area contributed by atoms with E-state index in [1.54, 1.807) is 12.1 Å². The molecule has 0 atom stereocenters. The molecule has 0 saturated heterocycles. The summed E-state index contributed by atoms with van der Waals surface area (Å²) in [5, 5.41) is 0. The van der Waals surface area contributed by atoms with Crippen LogP contribution in [0.1, 0.15) is 15.3 Å². The number of nitrogens with one attached hydrogen (secondary N) is 1. The van der Waals surface area contributed by atoms with Crippen LogP contribution in [0.3, 0.4) is 0 Å². The molecular formula is C18H27N3O2S2. The summed E-state index contributed by atoms with van der Waals surface area (Å²) in [4.78, 5) is 7.55. The molecule has 0 spiro atoms. The fraction of sp³-hybridized carbons (Fsp3) is 0.444. The number of hydrogen-bond acceptors (Lipinski definition) is 5. The van der Waals surface area contributed by atoms with E-state index in [9.17, 15) is 8.42 Å². The SMILES string of the molecule is CNS(=O)(=O)c1ccc(CN(CCN(C)C)Cc2ccc(C)s2)cc1. The first kappa shape index (κ1) is 20.1. The largest absolute Gasteiger partial charge is 0.308 e. The van der Waals surface area contributed by atoms with Crippen LogP contribution in [-0.4, -0.2) is 52.5 Å². The second kappa shape index (κ2) is 8.91. The molecule has 7 heteroatoms. The summed E-state index contributed by atoms with van der Waals surface area (Å²) >= 11 is 1.83. The highest BCUT2D eigenvalue weighted by Crippen LogP contribution is 2.19. The molecule has 1 aromatic carbocycles. The van der Waals surface area contributed by atoms with Gasteiger partial charge >= 0.3 is 0 Å². The van der Waals surface area contributed by atoms with E-state index in [4.69, 9.17) is 0 Å². The van der Waals surface area contributed by atoms with E-state index in [0.29, 0.717) is 4.90 Å². The Morgan fingerprint density at radius 3 is 2.20 bits per heavy atom. The summed E-state index contributed by atoms with van der Waals surface area (Å²) in [5.41, 5.74) is 1.11. The van der Waals surface area contributed by atoms with E-state index in [1.807, 2.05) is 23.5 Å². The average molecular weight is 382 g/mol. The summed E-state index contributed by atoms with van der Waals surface area (Å²) in [6.45, 7) is 5.77. The highest BCUT2D eigenvalue weighted by Gasteiger charge is 2.13. The lowest BCUT2D eigenvalue weighted by Gasteiger charge is -2.24. The van der Waals surface area contributed by atoms with Crippen molar-refractivity contribution in [3.63, 3.8) is 0 Å². The standard InChI is InChI=1S/C18H27N3O2S2/c1-15-5-8-17(24-15)14-21(12-11-20(3)4)13-16-6-9-18(10-7-16)25(22,23)19-2/h5-10,19H,11-14H2,1-4H3. The number of aryl methyl sites for hydroxylation is 1. The molecule has 2 aromatic rings. The van der Waals surface area contributed by atoms with Gasteiger partial charge < -0.3 is 4.90 Å².